The molecule has 0 amide bonds. The Kier molecular flexibility index (Phi) is 21.5. The van der Waals surface area contributed by atoms with E-state index in [9.17, 15) is 18.2 Å². The summed E-state index contributed by atoms with van der Waals surface area (Å²) in [5, 5.41) is 10.2. The van der Waals surface area contributed by atoms with Gasteiger partial charge in [0.25, 0.3) is 0 Å². The molecular formula is C21H47NO5S. The molecule has 0 bridgehead atoms. The van der Waals surface area contributed by atoms with Crippen LogP contribution < -0.4 is 0 Å². The molecule has 1 N–H and O–H groups in total. The fraction of sp³-hybridized carbons (Fsp3) is 1.00. The second-order valence-electron chi connectivity index (χ2n) is 7.62. The van der Waals surface area contributed by atoms with Crippen LogP contribution in [-0.2, 0) is 14.6 Å². The van der Waals surface area contributed by atoms with Gasteiger partial charge in [0, 0.05) is 0 Å². The highest BCUT2D eigenvalue weighted by atomic mass is 32.3. The van der Waals surface area contributed by atoms with Crippen molar-refractivity contribution in [1.29, 1.82) is 0 Å². The lowest BCUT2D eigenvalue weighted by Gasteiger charge is -2.27. The molecule has 0 aliphatic heterocycles. The third kappa shape index (κ3) is 23.8. The minimum absolute atomic E-state index is 0.262. The maximum atomic E-state index is 10.2. The van der Waals surface area contributed by atoms with Gasteiger partial charge in [-0.3, -0.25) is 4.18 Å². The molecule has 0 rings (SSSR count). The summed E-state index contributed by atoms with van der Waals surface area (Å²) in [6.45, 7) is 9.06. The van der Waals surface area contributed by atoms with Crippen molar-refractivity contribution >= 4 is 10.4 Å². The van der Waals surface area contributed by atoms with E-state index in [1.807, 2.05) is 0 Å². The third-order valence-electron chi connectivity index (χ3n) is 5.31. The quantitative estimate of drug-likeness (QED) is 0.0984. The van der Waals surface area contributed by atoms with Gasteiger partial charge in [-0.2, -0.15) is 4.65 Å². The van der Waals surface area contributed by atoms with E-state index in [2.05, 4.69) is 25.0 Å². The second-order valence-corrected chi connectivity index (χ2v) is 8.77. The molecule has 0 saturated heterocycles. The topological polar surface area (TPSA) is 86.7 Å². The van der Waals surface area contributed by atoms with Crippen LogP contribution in [0.3, 0.4) is 0 Å². The Balaban J connectivity index is 0. The van der Waals surface area contributed by atoms with Crippen molar-refractivity contribution in [3.63, 3.8) is 0 Å². The SMILES string of the molecule is CCCCCCCCCCCCCCCC[N+](O)(CC)CC.COS(=O)(=O)[O-]. The second kappa shape index (κ2) is 20.1. The monoisotopic (exact) mass is 425 g/mol. The maximum absolute atomic E-state index is 10.2. The molecule has 0 radical (unpaired) electrons. The number of hydrogen-bond acceptors (Lipinski definition) is 5. The summed E-state index contributed by atoms with van der Waals surface area (Å²) in [6, 6.07) is 0. The van der Waals surface area contributed by atoms with Gasteiger partial charge in [-0.05, 0) is 26.7 Å². The zero-order valence-corrected chi connectivity index (χ0v) is 19.8. The number of nitrogens with zero attached hydrogens (tertiary/aromatic N) is 1. The number of hydrogen-bond donors (Lipinski definition) is 1. The Hall–Kier alpha value is -0.210. The van der Waals surface area contributed by atoms with Gasteiger partial charge in [-0.25, -0.2) is 13.6 Å². The summed E-state index contributed by atoms with van der Waals surface area (Å²) >= 11 is 0. The van der Waals surface area contributed by atoms with E-state index >= 15 is 0 Å². The van der Waals surface area contributed by atoms with Gasteiger partial charge < -0.3 is 4.55 Å². The van der Waals surface area contributed by atoms with Crippen LogP contribution in [0.4, 0.5) is 0 Å². The van der Waals surface area contributed by atoms with Crippen molar-refractivity contribution < 1.29 is 27.0 Å². The van der Waals surface area contributed by atoms with Crippen LogP contribution in [0.5, 0.6) is 0 Å². The van der Waals surface area contributed by atoms with Crippen LogP contribution in [0.1, 0.15) is 111 Å². The standard InChI is InChI=1S/C20H44NO.CH4O4S/c1-4-7-8-9-10-11-12-13-14-15-16-17-18-19-20-21(22,5-2)6-3;1-5-6(2,3)4/h22H,4-20H2,1-3H3;1H3,(H,2,3,4)/q+1;/p-1. The zero-order chi connectivity index (χ0) is 21.7. The molecule has 0 heterocycles. The molecule has 0 fully saturated rings. The average Bonchev–Trinajstić information content (AvgIpc) is 2.68. The van der Waals surface area contributed by atoms with Crippen molar-refractivity contribution in [3.05, 3.63) is 0 Å². The van der Waals surface area contributed by atoms with E-state index in [1.165, 1.54) is 89.9 Å². The lowest BCUT2D eigenvalue weighted by atomic mass is 10.0. The van der Waals surface area contributed by atoms with E-state index in [0.717, 1.165) is 26.7 Å². The van der Waals surface area contributed by atoms with Gasteiger partial charge in [0.15, 0.2) is 0 Å². The molecule has 6 nitrogen and oxygen atoms in total. The van der Waals surface area contributed by atoms with E-state index < -0.39 is 10.4 Å². The van der Waals surface area contributed by atoms with Crippen molar-refractivity contribution in [1.82, 2.24) is 0 Å². The minimum Gasteiger partial charge on any atom is -0.726 e. The average molecular weight is 426 g/mol. The molecule has 172 valence electrons. The Bertz CT molecular complexity index is 411. The highest BCUT2D eigenvalue weighted by Gasteiger charge is 2.18. The summed E-state index contributed by atoms with van der Waals surface area (Å²) in [5.41, 5.74) is 0. The number of quaternary nitrogens is 1. The first kappa shape index (κ1) is 30.0. The largest absolute Gasteiger partial charge is 0.726 e. The maximum Gasteiger partial charge on any atom is 0.217 e. The molecule has 0 spiro atoms. The molecule has 0 atom stereocenters. The van der Waals surface area contributed by atoms with Crippen LogP contribution in [-0.4, -0.2) is 49.6 Å². The van der Waals surface area contributed by atoms with Crippen LogP contribution in [0.15, 0.2) is 0 Å². The van der Waals surface area contributed by atoms with Crippen molar-refractivity contribution in [2.45, 2.75) is 111 Å². The zero-order valence-electron chi connectivity index (χ0n) is 19.0. The van der Waals surface area contributed by atoms with Gasteiger partial charge in [0.05, 0.1) is 7.11 Å². The third-order valence-corrected chi connectivity index (χ3v) is 5.72. The highest BCUT2D eigenvalue weighted by Crippen LogP contribution is 2.13. The fourth-order valence-corrected chi connectivity index (χ4v) is 3.14. The molecule has 0 aliphatic rings. The molecular weight excluding hydrogens is 378 g/mol. The Morgan fingerprint density at radius 3 is 1.25 bits per heavy atom. The molecule has 0 saturated carbocycles. The Morgan fingerprint density at radius 1 is 0.714 bits per heavy atom. The number of hydroxylamine groups is 3. The summed E-state index contributed by atoms with van der Waals surface area (Å²) in [4.78, 5) is 0. The Morgan fingerprint density at radius 2 is 1.00 bits per heavy atom. The number of rotatable bonds is 18. The predicted molar refractivity (Wildman–Crippen MR) is 115 cm³/mol. The van der Waals surface area contributed by atoms with E-state index in [4.69, 9.17) is 0 Å². The van der Waals surface area contributed by atoms with Gasteiger partial charge in [0.1, 0.15) is 19.6 Å². The molecule has 0 unspecified atom stereocenters. The first-order valence-electron chi connectivity index (χ1n) is 11.3. The normalized spacial score (nSPS) is 11.9. The summed E-state index contributed by atoms with van der Waals surface area (Å²) < 4.78 is 31.3. The Labute approximate surface area is 175 Å². The summed E-state index contributed by atoms with van der Waals surface area (Å²) in [5.74, 6) is 0. The first-order chi connectivity index (χ1) is 13.2. The van der Waals surface area contributed by atoms with Gasteiger partial charge >= 0.3 is 0 Å². The minimum atomic E-state index is -4.41. The van der Waals surface area contributed by atoms with Gasteiger partial charge in [0.2, 0.25) is 10.4 Å². The van der Waals surface area contributed by atoms with E-state index in [-0.39, 0.29) is 4.65 Å². The molecule has 0 aromatic heterocycles. The lowest BCUT2D eigenvalue weighted by Crippen LogP contribution is -2.44. The highest BCUT2D eigenvalue weighted by molar-refractivity contribution is 7.80. The molecule has 7 heteroatoms. The van der Waals surface area contributed by atoms with Crippen LogP contribution in [0, 0.1) is 0 Å². The molecule has 0 aliphatic carbocycles. The van der Waals surface area contributed by atoms with Crippen molar-refractivity contribution in [2.75, 3.05) is 26.7 Å². The van der Waals surface area contributed by atoms with E-state index in [1.54, 1.807) is 0 Å². The lowest BCUT2D eigenvalue weighted by molar-refractivity contribution is -1.10. The summed E-state index contributed by atoms with van der Waals surface area (Å²) in [6.07, 6.45) is 19.5. The smallest absolute Gasteiger partial charge is 0.217 e. The fourth-order valence-electron chi connectivity index (χ4n) is 3.14. The van der Waals surface area contributed by atoms with E-state index in [0.29, 0.717) is 0 Å². The van der Waals surface area contributed by atoms with Gasteiger partial charge in [-0.15, -0.1) is 0 Å². The van der Waals surface area contributed by atoms with Gasteiger partial charge in [-0.1, -0.05) is 84.0 Å². The summed E-state index contributed by atoms with van der Waals surface area (Å²) in [7, 11) is -3.60. The first-order valence-corrected chi connectivity index (χ1v) is 12.7. The molecule has 0 aromatic carbocycles. The molecule has 28 heavy (non-hydrogen) atoms. The molecule has 0 aromatic rings. The van der Waals surface area contributed by atoms with Crippen LogP contribution in [0.2, 0.25) is 0 Å². The van der Waals surface area contributed by atoms with Crippen LogP contribution in [0.25, 0.3) is 0 Å². The number of unbranched alkanes of at least 4 members (excludes halogenated alkanes) is 13. The van der Waals surface area contributed by atoms with Crippen molar-refractivity contribution in [3.8, 4) is 0 Å². The van der Waals surface area contributed by atoms with Crippen molar-refractivity contribution in [2.24, 2.45) is 0 Å². The van der Waals surface area contributed by atoms with Crippen LogP contribution >= 0.6 is 0 Å². The predicted octanol–water partition coefficient (Wildman–Crippen LogP) is 5.81.